The zero-order chi connectivity index (χ0) is 20.5. The molecule has 0 aliphatic rings. The summed E-state index contributed by atoms with van der Waals surface area (Å²) < 4.78 is 5.38. The first kappa shape index (κ1) is 25.9. The Morgan fingerprint density at radius 3 is 2.07 bits per heavy atom. The standard InChI is InChI=1S/C21H43N3O3/c1-4-5-6-7-8-9-10-13-16-27-21(26)19(17(2)3)24-20(25)18(23)14-11-12-15-22/h17-19H,4-16,22-23H2,1-3H3,(H,24,25)/t18-,19?/m0/s1. The van der Waals surface area contributed by atoms with Gasteiger partial charge < -0.3 is 21.5 Å². The van der Waals surface area contributed by atoms with Gasteiger partial charge in [-0.2, -0.15) is 0 Å². The lowest BCUT2D eigenvalue weighted by molar-refractivity contribution is -0.149. The fourth-order valence-corrected chi connectivity index (χ4v) is 2.90. The molecule has 0 rings (SSSR count). The van der Waals surface area contributed by atoms with E-state index in [0.717, 1.165) is 25.7 Å². The van der Waals surface area contributed by atoms with Crippen molar-refractivity contribution in [3.05, 3.63) is 0 Å². The summed E-state index contributed by atoms with van der Waals surface area (Å²) >= 11 is 0. The third-order valence-electron chi connectivity index (χ3n) is 4.77. The Balaban J connectivity index is 4.05. The summed E-state index contributed by atoms with van der Waals surface area (Å²) in [5, 5.41) is 2.75. The van der Waals surface area contributed by atoms with Gasteiger partial charge >= 0.3 is 5.97 Å². The summed E-state index contributed by atoms with van der Waals surface area (Å²) in [6.45, 7) is 7.01. The molecule has 5 N–H and O–H groups in total. The Hall–Kier alpha value is -1.14. The fraction of sp³-hybridized carbons (Fsp3) is 0.905. The molecule has 27 heavy (non-hydrogen) atoms. The molecule has 1 unspecified atom stereocenters. The minimum atomic E-state index is -0.646. The number of amides is 1. The molecule has 2 atom stereocenters. The van der Waals surface area contributed by atoms with E-state index in [1.54, 1.807) is 0 Å². The topological polar surface area (TPSA) is 107 Å². The molecule has 0 aromatic carbocycles. The normalized spacial score (nSPS) is 13.4. The lowest BCUT2D eigenvalue weighted by Gasteiger charge is -2.22. The first-order valence-corrected chi connectivity index (χ1v) is 10.9. The van der Waals surface area contributed by atoms with Crippen LogP contribution in [0.2, 0.25) is 0 Å². The quantitative estimate of drug-likeness (QED) is 0.263. The van der Waals surface area contributed by atoms with Crippen LogP contribution in [-0.2, 0) is 14.3 Å². The van der Waals surface area contributed by atoms with Gasteiger partial charge in [-0.1, -0.05) is 72.1 Å². The number of hydrogen-bond acceptors (Lipinski definition) is 5. The van der Waals surface area contributed by atoms with Crippen LogP contribution in [0.4, 0.5) is 0 Å². The fourth-order valence-electron chi connectivity index (χ4n) is 2.90. The Morgan fingerprint density at radius 1 is 0.926 bits per heavy atom. The highest BCUT2D eigenvalue weighted by Gasteiger charge is 2.27. The van der Waals surface area contributed by atoms with Crippen molar-refractivity contribution in [1.82, 2.24) is 5.32 Å². The number of ether oxygens (including phenoxy) is 1. The molecule has 0 aromatic heterocycles. The maximum atomic E-state index is 12.3. The van der Waals surface area contributed by atoms with E-state index in [9.17, 15) is 9.59 Å². The van der Waals surface area contributed by atoms with E-state index >= 15 is 0 Å². The van der Waals surface area contributed by atoms with Crippen molar-refractivity contribution in [3.8, 4) is 0 Å². The smallest absolute Gasteiger partial charge is 0.328 e. The third kappa shape index (κ3) is 13.6. The molecule has 0 aromatic rings. The SMILES string of the molecule is CCCCCCCCCCOC(=O)C(NC(=O)[C@@H](N)CCCCN)C(C)C. The number of nitrogens with two attached hydrogens (primary N) is 2. The highest BCUT2D eigenvalue weighted by Crippen LogP contribution is 2.10. The van der Waals surface area contributed by atoms with E-state index in [4.69, 9.17) is 16.2 Å². The maximum Gasteiger partial charge on any atom is 0.328 e. The van der Waals surface area contributed by atoms with Gasteiger partial charge in [-0.15, -0.1) is 0 Å². The lowest BCUT2D eigenvalue weighted by Crippen LogP contribution is -2.51. The molecule has 0 aliphatic heterocycles. The maximum absolute atomic E-state index is 12.3. The molecule has 0 bridgehead atoms. The van der Waals surface area contributed by atoms with Gasteiger partial charge in [0.25, 0.3) is 0 Å². The third-order valence-corrected chi connectivity index (χ3v) is 4.77. The Kier molecular flexibility index (Phi) is 16.3. The van der Waals surface area contributed by atoms with E-state index in [1.807, 2.05) is 13.8 Å². The van der Waals surface area contributed by atoms with Crippen LogP contribution < -0.4 is 16.8 Å². The first-order valence-electron chi connectivity index (χ1n) is 10.9. The molecule has 0 saturated heterocycles. The highest BCUT2D eigenvalue weighted by molar-refractivity contribution is 5.87. The lowest BCUT2D eigenvalue weighted by atomic mass is 10.0. The van der Waals surface area contributed by atoms with Gasteiger partial charge in [-0.25, -0.2) is 4.79 Å². The van der Waals surface area contributed by atoms with Crippen molar-refractivity contribution in [2.45, 2.75) is 103 Å². The van der Waals surface area contributed by atoms with Crippen LogP contribution in [0.25, 0.3) is 0 Å². The Morgan fingerprint density at radius 2 is 1.52 bits per heavy atom. The number of esters is 1. The molecule has 0 fully saturated rings. The summed E-state index contributed by atoms with van der Waals surface area (Å²) in [6, 6.07) is -1.26. The molecule has 0 heterocycles. The average molecular weight is 386 g/mol. The van der Waals surface area contributed by atoms with Gasteiger partial charge in [0.2, 0.25) is 5.91 Å². The monoisotopic (exact) mass is 385 g/mol. The van der Waals surface area contributed by atoms with Crippen molar-refractivity contribution in [3.63, 3.8) is 0 Å². The van der Waals surface area contributed by atoms with Crippen LogP contribution in [0.5, 0.6) is 0 Å². The van der Waals surface area contributed by atoms with Crippen LogP contribution in [0.15, 0.2) is 0 Å². The summed E-state index contributed by atoms with van der Waals surface area (Å²) in [4.78, 5) is 24.5. The second kappa shape index (κ2) is 17.0. The average Bonchev–Trinajstić information content (AvgIpc) is 2.64. The van der Waals surface area contributed by atoms with Crippen molar-refractivity contribution in [2.75, 3.05) is 13.2 Å². The number of carbonyl (C=O) groups is 2. The van der Waals surface area contributed by atoms with Crippen molar-refractivity contribution in [2.24, 2.45) is 17.4 Å². The largest absolute Gasteiger partial charge is 0.464 e. The molecule has 0 radical (unpaired) electrons. The highest BCUT2D eigenvalue weighted by atomic mass is 16.5. The van der Waals surface area contributed by atoms with E-state index < -0.39 is 12.1 Å². The molecule has 0 saturated carbocycles. The number of hydrogen-bond donors (Lipinski definition) is 3. The first-order chi connectivity index (χ1) is 12.9. The van der Waals surface area contributed by atoms with Crippen LogP contribution in [0, 0.1) is 5.92 Å². The number of unbranched alkanes of at least 4 members (excludes halogenated alkanes) is 8. The van der Waals surface area contributed by atoms with E-state index in [-0.39, 0.29) is 17.8 Å². The molecule has 0 spiro atoms. The van der Waals surface area contributed by atoms with Crippen LogP contribution in [0.3, 0.4) is 0 Å². The van der Waals surface area contributed by atoms with Crippen LogP contribution in [0.1, 0.15) is 91.4 Å². The number of rotatable bonds is 17. The van der Waals surface area contributed by atoms with Gasteiger partial charge in [0, 0.05) is 0 Å². The minimum Gasteiger partial charge on any atom is -0.464 e. The van der Waals surface area contributed by atoms with E-state index in [0.29, 0.717) is 19.6 Å². The Bertz CT molecular complexity index is 389. The molecular formula is C21H43N3O3. The van der Waals surface area contributed by atoms with E-state index in [2.05, 4.69) is 12.2 Å². The summed E-state index contributed by atoms with van der Waals surface area (Å²) in [7, 11) is 0. The van der Waals surface area contributed by atoms with E-state index in [1.165, 1.54) is 38.5 Å². The molecule has 0 aliphatic carbocycles. The van der Waals surface area contributed by atoms with Gasteiger partial charge in [-0.05, 0) is 31.7 Å². The number of nitrogens with one attached hydrogen (secondary N) is 1. The minimum absolute atomic E-state index is 0.0451. The predicted octanol–water partition coefficient (Wildman–Crippen LogP) is 3.27. The van der Waals surface area contributed by atoms with Gasteiger partial charge in [0.15, 0.2) is 0 Å². The predicted molar refractivity (Wildman–Crippen MR) is 111 cm³/mol. The van der Waals surface area contributed by atoms with Gasteiger partial charge in [0.05, 0.1) is 12.6 Å². The summed E-state index contributed by atoms with van der Waals surface area (Å²) in [5.74, 6) is -0.707. The molecule has 6 heteroatoms. The summed E-state index contributed by atoms with van der Waals surface area (Å²) in [5.41, 5.74) is 11.4. The van der Waals surface area contributed by atoms with Crippen molar-refractivity contribution >= 4 is 11.9 Å². The van der Waals surface area contributed by atoms with Gasteiger partial charge in [-0.3, -0.25) is 4.79 Å². The van der Waals surface area contributed by atoms with Gasteiger partial charge in [0.1, 0.15) is 6.04 Å². The van der Waals surface area contributed by atoms with Crippen LogP contribution >= 0.6 is 0 Å². The molecule has 1 amide bonds. The second-order valence-corrected chi connectivity index (χ2v) is 7.76. The van der Waals surface area contributed by atoms with Crippen molar-refractivity contribution < 1.29 is 14.3 Å². The second-order valence-electron chi connectivity index (χ2n) is 7.76. The zero-order valence-electron chi connectivity index (χ0n) is 17.8. The van der Waals surface area contributed by atoms with Crippen LogP contribution in [-0.4, -0.2) is 37.1 Å². The molecule has 160 valence electrons. The molecule has 6 nitrogen and oxygen atoms in total. The molecular weight excluding hydrogens is 342 g/mol. The number of carbonyl (C=O) groups excluding carboxylic acids is 2. The summed E-state index contributed by atoms with van der Waals surface area (Å²) in [6.07, 6.45) is 11.8. The Labute approximate surface area is 166 Å². The zero-order valence-corrected chi connectivity index (χ0v) is 17.8. The van der Waals surface area contributed by atoms with Crippen molar-refractivity contribution in [1.29, 1.82) is 0 Å².